The van der Waals surface area contributed by atoms with Gasteiger partial charge in [-0.15, -0.1) is 4.80 Å². The topological polar surface area (TPSA) is 69.6 Å². The Hall–Kier alpha value is -1.62. The minimum absolute atomic E-state index is 0.435. The standard InChI is InChI=1S/C8H8ClN5/c1-5-7(10)4-6(9)8(13-5)14-11-2-3-12-14/h2-4H,10H2,1H3. The maximum Gasteiger partial charge on any atom is 0.193 e. The summed E-state index contributed by atoms with van der Waals surface area (Å²) in [4.78, 5) is 5.55. The van der Waals surface area contributed by atoms with E-state index in [2.05, 4.69) is 15.2 Å². The highest BCUT2D eigenvalue weighted by molar-refractivity contribution is 6.32. The number of nitrogens with zero attached hydrogens (tertiary/aromatic N) is 4. The molecular weight excluding hydrogens is 202 g/mol. The van der Waals surface area contributed by atoms with Gasteiger partial charge in [0.15, 0.2) is 5.82 Å². The van der Waals surface area contributed by atoms with Gasteiger partial charge in [-0.25, -0.2) is 4.98 Å². The lowest BCUT2D eigenvalue weighted by Crippen LogP contribution is -2.05. The van der Waals surface area contributed by atoms with E-state index in [1.54, 1.807) is 25.4 Å². The van der Waals surface area contributed by atoms with E-state index in [-0.39, 0.29) is 0 Å². The van der Waals surface area contributed by atoms with E-state index in [1.165, 1.54) is 4.80 Å². The second kappa shape index (κ2) is 3.26. The molecule has 0 saturated heterocycles. The van der Waals surface area contributed by atoms with Crippen LogP contribution in [0.15, 0.2) is 18.5 Å². The summed E-state index contributed by atoms with van der Waals surface area (Å²) in [6, 6.07) is 1.64. The summed E-state index contributed by atoms with van der Waals surface area (Å²) < 4.78 is 0. The van der Waals surface area contributed by atoms with Crippen molar-refractivity contribution in [3.8, 4) is 5.82 Å². The lowest BCUT2D eigenvalue weighted by molar-refractivity contribution is 0.727. The van der Waals surface area contributed by atoms with Gasteiger partial charge in [-0.2, -0.15) is 10.2 Å². The molecule has 0 saturated carbocycles. The number of anilines is 1. The lowest BCUT2D eigenvalue weighted by Gasteiger charge is -2.05. The fraction of sp³-hybridized carbons (Fsp3) is 0.125. The molecule has 0 unspecified atom stereocenters. The first-order valence-electron chi connectivity index (χ1n) is 3.98. The maximum absolute atomic E-state index is 5.95. The van der Waals surface area contributed by atoms with Gasteiger partial charge in [-0.3, -0.25) is 0 Å². The first kappa shape index (κ1) is 8.96. The molecule has 2 heterocycles. The zero-order valence-corrected chi connectivity index (χ0v) is 8.23. The van der Waals surface area contributed by atoms with Gasteiger partial charge < -0.3 is 5.73 Å². The van der Waals surface area contributed by atoms with Crippen LogP contribution in [0.5, 0.6) is 0 Å². The molecule has 0 aliphatic carbocycles. The van der Waals surface area contributed by atoms with Crippen molar-refractivity contribution >= 4 is 17.3 Å². The predicted octanol–water partition coefficient (Wildman–Crippen LogP) is 1.21. The van der Waals surface area contributed by atoms with Gasteiger partial charge in [0.25, 0.3) is 0 Å². The van der Waals surface area contributed by atoms with Gasteiger partial charge >= 0.3 is 0 Å². The quantitative estimate of drug-likeness (QED) is 0.767. The fourth-order valence-electron chi connectivity index (χ4n) is 1.05. The smallest absolute Gasteiger partial charge is 0.193 e. The molecule has 0 amide bonds. The summed E-state index contributed by atoms with van der Waals surface area (Å²) >= 11 is 5.95. The van der Waals surface area contributed by atoms with E-state index in [9.17, 15) is 0 Å². The normalized spacial score (nSPS) is 10.4. The first-order chi connectivity index (χ1) is 6.68. The van der Waals surface area contributed by atoms with E-state index in [1.807, 2.05) is 0 Å². The van der Waals surface area contributed by atoms with Crippen LogP contribution in [0, 0.1) is 6.92 Å². The summed E-state index contributed by atoms with van der Waals surface area (Å²) in [5.41, 5.74) is 6.92. The molecule has 0 spiro atoms. The Morgan fingerprint density at radius 2 is 2.00 bits per heavy atom. The number of aryl methyl sites for hydroxylation is 1. The molecule has 14 heavy (non-hydrogen) atoms. The molecule has 72 valence electrons. The molecule has 0 bridgehead atoms. The second-order valence-corrected chi connectivity index (χ2v) is 3.19. The largest absolute Gasteiger partial charge is 0.397 e. The van der Waals surface area contributed by atoms with Crippen molar-refractivity contribution in [3.05, 3.63) is 29.2 Å². The highest BCUT2D eigenvalue weighted by atomic mass is 35.5. The Bertz CT molecular complexity index is 451. The Morgan fingerprint density at radius 1 is 1.36 bits per heavy atom. The zero-order chi connectivity index (χ0) is 10.1. The number of rotatable bonds is 1. The van der Waals surface area contributed by atoms with Crippen LogP contribution in [0.2, 0.25) is 5.02 Å². The van der Waals surface area contributed by atoms with Crippen molar-refractivity contribution in [1.82, 2.24) is 20.0 Å². The second-order valence-electron chi connectivity index (χ2n) is 2.79. The Kier molecular flexibility index (Phi) is 2.09. The SMILES string of the molecule is Cc1nc(-n2nccn2)c(Cl)cc1N. The molecule has 2 aromatic rings. The van der Waals surface area contributed by atoms with E-state index in [0.29, 0.717) is 22.2 Å². The van der Waals surface area contributed by atoms with Crippen molar-refractivity contribution in [1.29, 1.82) is 0 Å². The zero-order valence-electron chi connectivity index (χ0n) is 7.48. The molecule has 5 nitrogen and oxygen atoms in total. The summed E-state index contributed by atoms with van der Waals surface area (Å²) in [5, 5.41) is 8.31. The van der Waals surface area contributed by atoms with Crippen LogP contribution in [-0.2, 0) is 0 Å². The third kappa shape index (κ3) is 1.42. The monoisotopic (exact) mass is 209 g/mol. The molecular formula is C8H8ClN5. The molecule has 0 aromatic carbocycles. The van der Waals surface area contributed by atoms with Gasteiger partial charge in [0, 0.05) is 0 Å². The van der Waals surface area contributed by atoms with Crippen LogP contribution in [0.25, 0.3) is 5.82 Å². The van der Waals surface area contributed by atoms with Crippen LogP contribution >= 0.6 is 11.6 Å². The molecule has 0 fully saturated rings. The Labute approximate surface area is 85.5 Å². The number of nitrogens with two attached hydrogens (primary N) is 1. The van der Waals surface area contributed by atoms with E-state index in [4.69, 9.17) is 17.3 Å². The summed E-state index contributed by atoms with van der Waals surface area (Å²) in [6.07, 6.45) is 3.12. The molecule has 6 heteroatoms. The molecule has 0 aliphatic heterocycles. The lowest BCUT2D eigenvalue weighted by atomic mass is 10.3. The Balaban J connectivity index is 2.60. The summed E-state index contributed by atoms with van der Waals surface area (Å²) in [6.45, 7) is 1.80. The van der Waals surface area contributed by atoms with Gasteiger partial charge in [0.2, 0.25) is 0 Å². The maximum atomic E-state index is 5.95. The van der Waals surface area contributed by atoms with E-state index < -0.39 is 0 Å². The van der Waals surface area contributed by atoms with Crippen LogP contribution in [0.1, 0.15) is 5.69 Å². The average Bonchev–Trinajstić information content (AvgIpc) is 2.64. The van der Waals surface area contributed by atoms with E-state index in [0.717, 1.165) is 0 Å². The molecule has 0 aliphatic rings. The van der Waals surface area contributed by atoms with E-state index >= 15 is 0 Å². The van der Waals surface area contributed by atoms with Crippen molar-refractivity contribution < 1.29 is 0 Å². The number of halogens is 1. The minimum atomic E-state index is 0.435. The van der Waals surface area contributed by atoms with Crippen molar-refractivity contribution in [2.45, 2.75) is 6.92 Å². The molecule has 2 aromatic heterocycles. The van der Waals surface area contributed by atoms with Crippen LogP contribution in [0.3, 0.4) is 0 Å². The molecule has 0 atom stereocenters. The summed E-state index contributed by atoms with van der Waals surface area (Å²) in [5.74, 6) is 0.489. The number of aromatic nitrogens is 4. The first-order valence-corrected chi connectivity index (χ1v) is 4.35. The number of nitrogen functional groups attached to an aromatic ring is 1. The van der Waals surface area contributed by atoms with Gasteiger partial charge in [0.05, 0.1) is 28.8 Å². The van der Waals surface area contributed by atoms with Crippen LogP contribution in [-0.4, -0.2) is 20.0 Å². The van der Waals surface area contributed by atoms with Gasteiger partial charge in [-0.05, 0) is 13.0 Å². The van der Waals surface area contributed by atoms with Crippen molar-refractivity contribution in [3.63, 3.8) is 0 Å². The highest BCUT2D eigenvalue weighted by Gasteiger charge is 2.08. The van der Waals surface area contributed by atoms with Gasteiger partial charge in [0.1, 0.15) is 0 Å². The molecule has 2 rings (SSSR count). The average molecular weight is 210 g/mol. The number of hydrogen-bond acceptors (Lipinski definition) is 4. The predicted molar refractivity (Wildman–Crippen MR) is 53.3 cm³/mol. The van der Waals surface area contributed by atoms with Crippen molar-refractivity contribution in [2.24, 2.45) is 0 Å². The molecule has 0 radical (unpaired) electrons. The van der Waals surface area contributed by atoms with Gasteiger partial charge in [-0.1, -0.05) is 11.6 Å². The molecule has 2 N–H and O–H groups in total. The fourth-order valence-corrected chi connectivity index (χ4v) is 1.28. The highest BCUT2D eigenvalue weighted by Crippen LogP contribution is 2.21. The van der Waals surface area contributed by atoms with Crippen LogP contribution in [0.4, 0.5) is 5.69 Å². The Morgan fingerprint density at radius 3 is 2.64 bits per heavy atom. The number of hydrogen-bond donors (Lipinski definition) is 1. The summed E-state index contributed by atoms with van der Waals surface area (Å²) in [7, 11) is 0. The third-order valence-electron chi connectivity index (χ3n) is 1.80. The third-order valence-corrected chi connectivity index (χ3v) is 2.07. The minimum Gasteiger partial charge on any atom is -0.397 e. The number of pyridine rings is 1. The van der Waals surface area contributed by atoms with Crippen molar-refractivity contribution in [2.75, 3.05) is 5.73 Å². The van der Waals surface area contributed by atoms with Crippen LogP contribution < -0.4 is 5.73 Å².